The van der Waals surface area contributed by atoms with Gasteiger partial charge in [0, 0.05) is 5.69 Å². The Hall–Kier alpha value is -2.01. The maximum absolute atomic E-state index is 8.82. The third kappa shape index (κ3) is 1.21. The van der Waals surface area contributed by atoms with E-state index in [4.69, 9.17) is 11.0 Å². The third-order valence-corrected chi connectivity index (χ3v) is 2.02. The van der Waals surface area contributed by atoms with E-state index in [1.165, 1.54) is 0 Å². The Morgan fingerprint density at radius 1 is 1.15 bits per heavy atom. The lowest BCUT2D eigenvalue weighted by atomic mass is 10.1. The highest BCUT2D eigenvalue weighted by Crippen LogP contribution is 2.20. The van der Waals surface area contributed by atoms with Crippen molar-refractivity contribution in [3.05, 3.63) is 42.0 Å². The van der Waals surface area contributed by atoms with Crippen LogP contribution in [0.1, 0.15) is 5.56 Å². The molecular weight excluding hydrogens is 160 g/mol. The number of anilines is 1. The molecule has 0 aliphatic rings. The monoisotopic (exact) mass is 168 g/mol. The molecule has 0 unspecified atom stereocenters. The number of rotatable bonds is 0. The molecule has 2 nitrogen and oxygen atoms in total. The summed E-state index contributed by atoms with van der Waals surface area (Å²) in [4.78, 5) is 0. The lowest BCUT2D eigenvalue weighted by Crippen LogP contribution is -1.85. The molecule has 0 radical (unpaired) electrons. The van der Waals surface area contributed by atoms with Gasteiger partial charge in [-0.3, -0.25) is 0 Å². The smallest absolute Gasteiger partial charge is 0.0998 e. The number of benzene rings is 2. The van der Waals surface area contributed by atoms with Gasteiger partial charge in [-0.25, -0.2) is 0 Å². The van der Waals surface area contributed by atoms with Crippen molar-refractivity contribution >= 4 is 16.5 Å². The summed E-state index contributed by atoms with van der Waals surface area (Å²) in [5.74, 6) is 0. The van der Waals surface area contributed by atoms with Crippen LogP contribution in [0, 0.1) is 11.3 Å². The summed E-state index contributed by atoms with van der Waals surface area (Å²) in [7, 11) is 0. The minimum atomic E-state index is 0.692. The highest BCUT2D eigenvalue weighted by molar-refractivity contribution is 5.89. The van der Waals surface area contributed by atoms with Crippen LogP contribution in [0.15, 0.2) is 36.4 Å². The van der Waals surface area contributed by atoms with Gasteiger partial charge in [0.15, 0.2) is 0 Å². The van der Waals surface area contributed by atoms with Crippen molar-refractivity contribution < 1.29 is 0 Å². The second kappa shape index (κ2) is 2.80. The lowest BCUT2D eigenvalue weighted by molar-refractivity contribution is 1.50. The largest absolute Gasteiger partial charge is 0.399 e. The van der Waals surface area contributed by atoms with Gasteiger partial charge in [-0.2, -0.15) is 5.26 Å². The Kier molecular flexibility index (Phi) is 1.64. The number of hydrogen-bond donors (Lipinski definition) is 1. The molecule has 2 aromatic rings. The molecule has 0 aromatic heterocycles. The predicted molar refractivity (Wildman–Crippen MR) is 53.1 cm³/mol. The molecule has 0 heterocycles. The first-order chi connectivity index (χ1) is 6.31. The quantitative estimate of drug-likeness (QED) is 0.613. The van der Waals surface area contributed by atoms with Crippen LogP contribution in [0.2, 0.25) is 0 Å². The number of nitrogens with zero attached hydrogens (tertiary/aromatic N) is 1. The van der Waals surface area contributed by atoms with E-state index in [-0.39, 0.29) is 0 Å². The molecule has 0 fully saturated rings. The second-order valence-electron chi connectivity index (χ2n) is 2.90. The summed E-state index contributed by atoms with van der Waals surface area (Å²) in [6, 6.07) is 13.3. The van der Waals surface area contributed by atoms with Crippen molar-refractivity contribution in [2.24, 2.45) is 0 Å². The first-order valence-corrected chi connectivity index (χ1v) is 3.99. The Labute approximate surface area is 76.2 Å². The molecule has 2 aromatic carbocycles. The fourth-order valence-corrected chi connectivity index (χ4v) is 1.40. The van der Waals surface area contributed by atoms with E-state index in [2.05, 4.69) is 6.07 Å². The zero-order valence-electron chi connectivity index (χ0n) is 6.99. The Morgan fingerprint density at radius 2 is 2.00 bits per heavy atom. The maximum Gasteiger partial charge on any atom is 0.0998 e. The summed E-state index contributed by atoms with van der Waals surface area (Å²) >= 11 is 0. The van der Waals surface area contributed by atoms with Gasteiger partial charge in [-0.15, -0.1) is 0 Å². The number of nitriles is 1. The summed E-state index contributed by atoms with van der Waals surface area (Å²) in [6.45, 7) is 0. The summed E-state index contributed by atoms with van der Waals surface area (Å²) in [6.07, 6.45) is 0. The minimum absolute atomic E-state index is 0.692. The molecule has 62 valence electrons. The van der Waals surface area contributed by atoms with Crippen molar-refractivity contribution in [2.75, 3.05) is 5.73 Å². The molecular formula is C11H8N2. The number of nitrogen functional groups attached to an aromatic ring is 1. The van der Waals surface area contributed by atoms with Crippen molar-refractivity contribution in [2.45, 2.75) is 0 Å². The molecule has 0 aliphatic heterocycles. The third-order valence-electron chi connectivity index (χ3n) is 2.02. The molecule has 0 bridgehead atoms. The van der Waals surface area contributed by atoms with Gasteiger partial charge in [0.2, 0.25) is 0 Å². The zero-order valence-corrected chi connectivity index (χ0v) is 6.99. The highest BCUT2D eigenvalue weighted by Gasteiger charge is 1.98. The normalized spacial score (nSPS) is 9.77. The van der Waals surface area contributed by atoms with E-state index >= 15 is 0 Å². The molecule has 0 atom stereocenters. The zero-order chi connectivity index (χ0) is 9.26. The van der Waals surface area contributed by atoms with Crippen LogP contribution < -0.4 is 5.73 Å². The van der Waals surface area contributed by atoms with E-state index in [1.807, 2.05) is 30.3 Å². The lowest BCUT2D eigenvalue weighted by Gasteiger charge is -2.00. The summed E-state index contributed by atoms with van der Waals surface area (Å²) in [5, 5.41) is 10.8. The molecule has 0 saturated heterocycles. The molecule has 0 aliphatic carbocycles. The van der Waals surface area contributed by atoms with E-state index in [9.17, 15) is 0 Å². The van der Waals surface area contributed by atoms with Gasteiger partial charge < -0.3 is 5.73 Å². The van der Waals surface area contributed by atoms with Crippen LogP contribution >= 0.6 is 0 Å². The van der Waals surface area contributed by atoms with Crippen LogP contribution in [-0.4, -0.2) is 0 Å². The maximum atomic E-state index is 8.82. The molecule has 2 rings (SSSR count). The SMILES string of the molecule is N#Cc1cccc2cc(N)ccc12. The minimum Gasteiger partial charge on any atom is -0.399 e. The Morgan fingerprint density at radius 3 is 2.77 bits per heavy atom. The average molecular weight is 168 g/mol. The first kappa shape index (κ1) is 7.63. The van der Waals surface area contributed by atoms with Crippen molar-refractivity contribution in [3.63, 3.8) is 0 Å². The standard InChI is InChI=1S/C11H8N2/c12-7-9-3-1-2-8-6-10(13)4-5-11(8)9/h1-6H,13H2. The van der Waals surface area contributed by atoms with E-state index in [0.717, 1.165) is 16.5 Å². The van der Waals surface area contributed by atoms with Gasteiger partial charge >= 0.3 is 0 Å². The Balaban J connectivity index is 2.87. The highest BCUT2D eigenvalue weighted by atomic mass is 14.5. The molecule has 0 amide bonds. The van der Waals surface area contributed by atoms with Gasteiger partial charge in [0.1, 0.15) is 0 Å². The van der Waals surface area contributed by atoms with Crippen LogP contribution in [0.4, 0.5) is 5.69 Å². The van der Waals surface area contributed by atoms with Crippen LogP contribution in [0.5, 0.6) is 0 Å². The topological polar surface area (TPSA) is 49.8 Å². The van der Waals surface area contributed by atoms with E-state index in [0.29, 0.717) is 5.56 Å². The van der Waals surface area contributed by atoms with Crippen LogP contribution in [0.25, 0.3) is 10.8 Å². The number of nitrogens with two attached hydrogens (primary N) is 1. The molecule has 0 saturated carbocycles. The van der Waals surface area contributed by atoms with Gasteiger partial charge in [-0.1, -0.05) is 18.2 Å². The van der Waals surface area contributed by atoms with Crippen molar-refractivity contribution in [3.8, 4) is 6.07 Å². The van der Waals surface area contributed by atoms with Gasteiger partial charge in [-0.05, 0) is 29.0 Å². The molecule has 13 heavy (non-hydrogen) atoms. The van der Waals surface area contributed by atoms with E-state index < -0.39 is 0 Å². The first-order valence-electron chi connectivity index (χ1n) is 3.99. The summed E-state index contributed by atoms with van der Waals surface area (Å²) in [5.41, 5.74) is 7.05. The molecule has 0 spiro atoms. The fourth-order valence-electron chi connectivity index (χ4n) is 1.40. The Bertz CT molecular complexity index is 495. The van der Waals surface area contributed by atoms with Crippen molar-refractivity contribution in [1.82, 2.24) is 0 Å². The number of fused-ring (bicyclic) bond motifs is 1. The predicted octanol–water partition coefficient (Wildman–Crippen LogP) is 2.29. The van der Waals surface area contributed by atoms with Gasteiger partial charge in [0.25, 0.3) is 0 Å². The second-order valence-corrected chi connectivity index (χ2v) is 2.90. The van der Waals surface area contributed by atoms with Crippen molar-refractivity contribution in [1.29, 1.82) is 5.26 Å². The molecule has 2 heteroatoms. The fraction of sp³-hybridized carbons (Fsp3) is 0. The molecule has 2 N–H and O–H groups in total. The van der Waals surface area contributed by atoms with Crippen LogP contribution in [0.3, 0.4) is 0 Å². The van der Waals surface area contributed by atoms with Gasteiger partial charge in [0.05, 0.1) is 11.6 Å². The average Bonchev–Trinajstić information content (AvgIpc) is 2.16. The van der Waals surface area contributed by atoms with E-state index in [1.54, 1.807) is 6.07 Å². The number of hydrogen-bond acceptors (Lipinski definition) is 2. The van der Waals surface area contributed by atoms with Crippen LogP contribution in [-0.2, 0) is 0 Å². The summed E-state index contributed by atoms with van der Waals surface area (Å²) < 4.78 is 0.